The van der Waals surface area contributed by atoms with E-state index in [4.69, 9.17) is 4.74 Å². The van der Waals surface area contributed by atoms with E-state index >= 15 is 0 Å². The summed E-state index contributed by atoms with van der Waals surface area (Å²) < 4.78 is 20.1. The second-order valence-electron chi connectivity index (χ2n) is 5.71. The third-order valence-corrected chi connectivity index (χ3v) is 5.98. The predicted molar refractivity (Wildman–Crippen MR) is 101 cm³/mol. The lowest BCUT2D eigenvalue weighted by Gasteiger charge is -2.17. The number of fused-ring (bicyclic) bond motifs is 3. The van der Waals surface area contributed by atoms with Crippen LogP contribution < -0.4 is 9.64 Å². The van der Waals surface area contributed by atoms with Crippen LogP contribution in [-0.4, -0.2) is 13.0 Å². The van der Waals surface area contributed by atoms with Crippen LogP contribution in [0.15, 0.2) is 53.0 Å². The summed E-state index contributed by atoms with van der Waals surface area (Å²) in [5.74, 6) is 0.222. The van der Waals surface area contributed by atoms with Gasteiger partial charge in [-0.05, 0) is 52.3 Å². The summed E-state index contributed by atoms with van der Waals surface area (Å²) in [6, 6.07) is 13.9. The molecule has 6 heteroatoms. The molecule has 1 aliphatic heterocycles. The maximum atomic E-state index is 13.6. The van der Waals surface area contributed by atoms with Crippen LogP contribution in [0.5, 0.6) is 5.75 Å². The first-order chi connectivity index (χ1) is 12.0. The molecule has 0 atom stereocenters. The Morgan fingerprint density at radius 2 is 2.04 bits per heavy atom. The standard InChI is InChI=1S/C19H13BrFNO2S/c1-22(15-5-3-2-4-14(15)20)19(23)17-8-11-10-24-16-7-6-12(21)9-13(16)18(11)25-17/h2-9H,10H2,1H3. The van der Waals surface area contributed by atoms with Crippen molar-refractivity contribution in [2.45, 2.75) is 6.61 Å². The summed E-state index contributed by atoms with van der Waals surface area (Å²) in [5.41, 5.74) is 2.40. The average Bonchev–Trinajstić information content (AvgIpc) is 3.05. The third-order valence-electron chi connectivity index (χ3n) is 4.11. The Hall–Kier alpha value is -2.18. The number of carbonyl (C=O) groups excluding carboxylic acids is 1. The lowest BCUT2D eigenvalue weighted by Crippen LogP contribution is -2.25. The Kier molecular flexibility index (Phi) is 4.09. The molecule has 0 spiro atoms. The van der Waals surface area contributed by atoms with Crippen molar-refractivity contribution in [2.75, 3.05) is 11.9 Å². The minimum atomic E-state index is -0.318. The first-order valence-electron chi connectivity index (χ1n) is 7.62. The van der Waals surface area contributed by atoms with Gasteiger partial charge in [-0.15, -0.1) is 11.3 Å². The van der Waals surface area contributed by atoms with Crippen molar-refractivity contribution in [1.29, 1.82) is 0 Å². The molecular weight excluding hydrogens is 405 g/mol. The van der Waals surface area contributed by atoms with Crippen molar-refractivity contribution in [1.82, 2.24) is 0 Å². The molecule has 0 saturated heterocycles. The molecule has 25 heavy (non-hydrogen) atoms. The van der Waals surface area contributed by atoms with Gasteiger partial charge in [0.2, 0.25) is 0 Å². The number of nitrogens with zero attached hydrogens (tertiary/aromatic N) is 1. The van der Waals surface area contributed by atoms with Gasteiger partial charge in [0.25, 0.3) is 5.91 Å². The molecule has 1 amide bonds. The highest BCUT2D eigenvalue weighted by atomic mass is 79.9. The molecule has 0 radical (unpaired) electrons. The molecule has 126 valence electrons. The van der Waals surface area contributed by atoms with E-state index in [9.17, 15) is 9.18 Å². The number of benzene rings is 2. The molecule has 0 N–H and O–H groups in total. The summed E-state index contributed by atoms with van der Waals surface area (Å²) in [4.78, 5) is 16.0. The topological polar surface area (TPSA) is 29.5 Å². The molecule has 2 aromatic carbocycles. The zero-order valence-electron chi connectivity index (χ0n) is 13.3. The van der Waals surface area contributed by atoms with Crippen molar-refractivity contribution in [3.8, 4) is 16.2 Å². The van der Waals surface area contributed by atoms with Crippen molar-refractivity contribution in [2.24, 2.45) is 0 Å². The normalized spacial score (nSPS) is 12.1. The minimum absolute atomic E-state index is 0.107. The molecule has 0 bridgehead atoms. The van der Waals surface area contributed by atoms with E-state index in [2.05, 4.69) is 15.9 Å². The first kappa shape index (κ1) is 16.3. The van der Waals surface area contributed by atoms with E-state index in [0.29, 0.717) is 22.8 Å². The maximum absolute atomic E-state index is 13.6. The lowest BCUT2D eigenvalue weighted by atomic mass is 10.1. The van der Waals surface area contributed by atoms with E-state index in [-0.39, 0.29) is 11.7 Å². The van der Waals surface area contributed by atoms with Gasteiger partial charge < -0.3 is 9.64 Å². The number of thiophene rings is 1. The van der Waals surface area contributed by atoms with Gasteiger partial charge >= 0.3 is 0 Å². The molecular formula is C19H13BrFNO2S. The highest BCUT2D eigenvalue weighted by Gasteiger charge is 2.25. The van der Waals surface area contributed by atoms with Crippen molar-refractivity contribution >= 4 is 38.9 Å². The SMILES string of the molecule is CN(C(=O)c1cc2c(s1)-c1cc(F)ccc1OC2)c1ccccc1Br. The van der Waals surface area contributed by atoms with Crippen molar-refractivity contribution in [3.05, 3.63) is 69.3 Å². The monoisotopic (exact) mass is 417 g/mol. The smallest absolute Gasteiger partial charge is 0.268 e. The molecule has 0 saturated carbocycles. The van der Waals surface area contributed by atoms with Crippen LogP contribution in [0.4, 0.5) is 10.1 Å². The van der Waals surface area contributed by atoms with E-state index in [1.807, 2.05) is 30.3 Å². The second-order valence-corrected chi connectivity index (χ2v) is 7.62. The Bertz CT molecular complexity index is 985. The lowest BCUT2D eigenvalue weighted by molar-refractivity contribution is 0.0996. The maximum Gasteiger partial charge on any atom is 0.268 e. The molecule has 4 rings (SSSR count). The third kappa shape index (κ3) is 2.85. The number of para-hydroxylation sites is 1. The number of ether oxygens (including phenoxy) is 1. The van der Waals surface area contributed by atoms with Crippen molar-refractivity contribution < 1.29 is 13.9 Å². The Balaban J connectivity index is 1.72. The van der Waals surface area contributed by atoms with Crippen LogP contribution in [0, 0.1) is 5.82 Å². The molecule has 3 aromatic rings. The van der Waals surface area contributed by atoms with Crippen LogP contribution in [0.3, 0.4) is 0 Å². The summed E-state index contributed by atoms with van der Waals surface area (Å²) >= 11 is 4.84. The van der Waals surface area contributed by atoms with Crippen LogP contribution >= 0.6 is 27.3 Å². The summed E-state index contributed by atoms with van der Waals surface area (Å²) in [6.45, 7) is 0.385. The molecule has 1 aromatic heterocycles. The molecule has 0 aliphatic carbocycles. The number of amides is 1. The largest absolute Gasteiger partial charge is 0.488 e. The molecule has 0 unspecified atom stereocenters. The molecule has 0 fully saturated rings. The van der Waals surface area contributed by atoms with Gasteiger partial charge in [-0.2, -0.15) is 0 Å². The Morgan fingerprint density at radius 1 is 1.24 bits per heavy atom. The van der Waals surface area contributed by atoms with E-state index in [1.54, 1.807) is 18.0 Å². The van der Waals surface area contributed by atoms with Crippen molar-refractivity contribution in [3.63, 3.8) is 0 Å². The number of anilines is 1. The zero-order chi connectivity index (χ0) is 17.6. The summed E-state index contributed by atoms with van der Waals surface area (Å²) in [7, 11) is 1.74. The quantitative estimate of drug-likeness (QED) is 0.551. The number of carbonyl (C=O) groups is 1. The Labute approximate surface area is 156 Å². The van der Waals surface area contributed by atoms with Crippen LogP contribution in [0.2, 0.25) is 0 Å². The number of rotatable bonds is 2. The summed E-state index contributed by atoms with van der Waals surface area (Å²) in [6.07, 6.45) is 0. The Morgan fingerprint density at radius 3 is 2.84 bits per heavy atom. The number of hydrogen-bond donors (Lipinski definition) is 0. The first-order valence-corrected chi connectivity index (χ1v) is 9.23. The van der Waals surface area contributed by atoms with Gasteiger partial charge in [0.15, 0.2) is 0 Å². The van der Waals surface area contributed by atoms with Crippen LogP contribution in [-0.2, 0) is 6.61 Å². The van der Waals surface area contributed by atoms with E-state index in [0.717, 1.165) is 20.6 Å². The highest BCUT2D eigenvalue weighted by Crippen LogP contribution is 2.43. The van der Waals surface area contributed by atoms with Gasteiger partial charge in [0.05, 0.1) is 10.6 Å². The molecule has 3 nitrogen and oxygen atoms in total. The van der Waals surface area contributed by atoms with Gasteiger partial charge in [0.1, 0.15) is 18.2 Å². The number of hydrogen-bond acceptors (Lipinski definition) is 3. The fourth-order valence-corrected chi connectivity index (χ4v) is 4.54. The van der Waals surface area contributed by atoms with E-state index < -0.39 is 0 Å². The highest BCUT2D eigenvalue weighted by molar-refractivity contribution is 9.10. The van der Waals surface area contributed by atoms with Gasteiger partial charge in [-0.3, -0.25) is 4.79 Å². The fourth-order valence-electron chi connectivity index (χ4n) is 2.83. The van der Waals surface area contributed by atoms with Crippen LogP contribution in [0.25, 0.3) is 10.4 Å². The van der Waals surface area contributed by atoms with Gasteiger partial charge in [-0.25, -0.2) is 4.39 Å². The minimum Gasteiger partial charge on any atom is -0.488 e. The van der Waals surface area contributed by atoms with Crippen LogP contribution in [0.1, 0.15) is 15.2 Å². The van der Waals surface area contributed by atoms with Gasteiger partial charge in [-0.1, -0.05) is 12.1 Å². The molecule has 2 heterocycles. The fraction of sp³-hybridized carbons (Fsp3) is 0.105. The predicted octanol–water partition coefficient (Wildman–Crippen LogP) is 5.49. The average molecular weight is 418 g/mol. The summed E-state index contributed by atoms with van der Waals surface area (Å²) in [5, 5.41) is 0. The second kappa shape index (κ2) is 6.28. The molecule has 1 aliphatic rings. The van der Waals surface area contributed by atoms with Gasteiger partial charge in [0, 0.05) is 27.5 Å². The number of halogens is 2. The van der Waals surface area contributed by atoms with E-state index in [1.165, 1.54) is 23.5 Å². The zero-order valence-corrected chi connectivity index (χ0v) is 15.7.